The molecule has 18 heavy (non-hydrogen) atoms. The highest BCUT2D eigenvalue weighted by atomic mass is 16.1. The lowest BCUT2D eigenvalue weighted by molar-refractivity contribution is -0.123. The summed E-state index contributed by atoms with van der Waals surface area (Å²) in [5.74, 6) is 0.388. The van der Waals surface area contributed by atoms with Crippen LogP contribution in [0.15, 0.2) is 24.5 Å². The molecule has 0 radical (unpaired) electrons. The number of ketones is 1. The highest BCUT2D eigenvalue weighted by Gasteiger charge is 2.31. The van der Waals surface area contributed by atoms with Crippen LogP contribution in [-0.2, 0) is 11.3 Å². The molecule has 1 saturated carbocycles. The maximum absolute atomic E-state index is 11.6. The zero-order chi connectivity index (χ0) is 12.6. The second-order valence-corrected chi connectivity index (χ2v) is 5.62. The monoisotopic (exact) mass is 243 g/mol. The molecule has 1 atom stereocenters. The van der Waals surface area contributed by atoms with Gasteiger partial charge in [0.25, 0.3) is 0 Å². The Bertz CT molecular complexity index is 556. The molecule has 0 amide bonds. The number of carbonyl (C=O) groups excluding carboxylic acids is 1. The molecule has 1 aliphatic rings. The Morgan fingerprint density at radius 2 is 2.39 bits per heavy atom. The Morgan fingerprint density at radius 1 is 1.50 bits per heavy atom. The molecule has 0 aromatic carbocycles. The zero-order valence-electron chi connectivity index (χ0n) is 10.6. The van der Waals surface area contributed by atoms with E-state index in [0.717, 1.165) is 36.8 Å². The van der Waals surface area contributed by atoms with E-state index in [-0.39, 0.29) is 5.41 Å². The van der Waals surface area contributed by atoms with Crippen LogP contribution < -0.4 is 0 Å². The lowest BCUT2D eigenvalue weighted by atomic mass is 9.75. The molecule has 0 spiro atoms. The van der Waals surface area contributed by atoms with Gasteiger partial charge in [-0.15, -0.1) is 0 Å². The lowest BCUT2D eigenvalue weighted by Gasteiger charge is -2.32. The predicted molar refractivity (Wildman–Crippen MR) is 69.1 cm³/mol. The SMILES string of the molecule is CC1(Cn2cc3cccnc3n2)CCCC(=O)C1. The minimum Gasteiger partial charge on any atom is -0.300 e. The third-order valence-corrected chi connectivity index (χ3v) is 3.73. The Morgan fingerprint density at radius 3 is 3.17 bits per heavy atom. The Kier molecular flexibility index (Phi) is 2.65. The van der Waals surface area contributed by atoms with Crippen LogP contribution in [0.2, 0.25) is 0 Å². The summed E-state index contributed by atoms with van der Waals surface area (Å²) in [7, 11) is 0. The van der Waals surface area contributed by atoms with Gasteiger partial charge in [-0.05, 0) is 30.4 Å². The second-order valence-electron chi connectivity index (χ2n) is 5.62. The van der Waals surface area contributed by atoms with Crippen molar-refractivity contribution < 1.29 is 4.79 Å². The van der Waals surface area contributed by atoms with Gasteiger partial charge in [0, 0.05) is 37.2 Å². The van der Waals surface area contributed by atoms with E-state index in [9.17, 15) is 4.79 Å². The molecule has 1 fully saturated rings. The summed E-state index contributed by atoms with van der Waals surface area (Å²) in [6.45, 7) is 2.99. The number of pyridine rings is 1. The van der Waals surface area contributed by atoms with Gasteiger partial charge in [0.1, 0.15) is 5.78 Å². The van der Waals surface area contributed by atoms with Crippen molar-refractivity contribution in [1.29, 1.82) is 0 Å². The number of carbonyl (C=O) groups is 1. The molecule has 0 N–H and O–H groups in total. The van der Waals surface area contributed by atoms with Crippen LogP contribution in [0.25, 0.3) is 11.0 Å². The average molecular weight is 243 g/mol. The number of hydrogen-bond donors (Lipinski definition) is 0. The number of hydrogen-bond acceptors (Lipinski definition) is 3. The first-order chi connectivity index (χ1) is 8.65. The normalized spacial score (nSPS) is 24.6. The molecule has 4 heteroatoms. The van der Waals surface area contributed by atoms with Crippen molar-refractivity contribution in [1.82, 2.24) is 14.8 Å². The van der Waals surface area contributed by atoms with Crippen LogP contribution in [0.1, 0.15) is 32.6 Å². The molecule has 4 nitrogen and oxygen atoms in total. The van der Waals surface area contributed by atoms with Gasteiger partial charge in [-0.1, -0.05) is 6.92 Å². The molecule has 2 aromatic rings. The number of fused-ring (bicyclic) bond motifs is 1. The van der Waals surface area contributed by atoms with Crippen molar-refractivity contribution >= 4 is 16.8 Å². The number of Topliss-reactive ketones (excluding diaryl/α,β-unsaturated/α-hetero) is 1. The maximum Gasteiger partial charge on any atom is 0.181 e. The molecule has 0 aliphatic heterocycles. The van der Waals surface area contributed by atoms with Crippen LogP contribution >= 0.6 is 0 Å². The van der Waals surface area contributed by atoms with Gasteiger partial charge < -0.3 is 0 Å². The van der Waals surface area contributed by atoms with Gasteiger partial charge in [0.2, 0.25) is 0 Å². The van der Waals surface area contributed by atoms with Crippen molar-refractivity contribution in [2.75, 3.05) is 0 Å². The van der Waals surface area contributed by atoms with Crippen molar-refractivity contribution in [3.8, 4) is 0 Å². The van der Waals surface area contributed by atoms with Gasteiger partial charge in [-0.3, -0.25) is 9.48 Å². The molecule has 0 saturated heterocycles. The molecule has 94 valence electrons. The zero-order valence-corrected chi connectivity index (χ0v) is 10.6. The largest absolute Gasteiger partial charge is 0.300 e. The van der Waals surface area contributed by atoms with Crippen LogP contribution in [0.3, 0.4) is 0 Å². The van der Waals surface area contributed by atoms with Crippen LogP contribution in [0.5, 0.6) is 0 Å². The van der Waals surface area contributed by atoms with E-state index in [1.807, 2.05) is 23.0 Å². The van der Waals surface area contributed by atoms with Crippen molar-refractivity contribution in [3.05, 3.63) is 24.5 Å². The summed E-state index contributed by atoms with van der Waals surface area (Å²) >= 11 is 0. The van der Waals surface area contributed by atoms with Gasteiger partial charge in [0.15, 0.2) is 5.65 Å². The fraction of sp³-hybridized carbons (Fsp3) is 0.500. The third-order valence-electron chi connectivity index (χ3n) is 3.73. The van der Waals surface area contributed by atoms with E-state index < -0.39 is 0 Å². The highest BCUT2D eigenvalue weighted by Crippen LogP contribution is 2.35. The van der Waals surface area contributed by atoms with E-state index in [0.29, 0.717) is 12.2 Å². The predicted octanol–water partition coefficient (Wildman–Crippen LogP) is 2.58. The average Bonchev–Trinajstić information content (AvgIpc) is 2.69. The fourth-order valence-electron chi connectivity index (χ4n) is 2.88. The van der Waals surface area contributed by atoms with Crippen molar-refractivity contribution in [2.45, 2.75) is 39.2 Å². The standard InChI is InChI=1S/C14H17N3O/c1-14(6-2-5-12(18)8-14)10-17-9-11-4-3-7-15-13(11)16-17/h3-4,7,9H,2,5-6,8,10H2,1H3. The van der Waals surface area contributed by atoms with Gasteiger partial charge >= 0.3 is 0 Å². The first kappa shape index (κ1) is 11.4. The number of rotatable bonds is 2. The summed E-state index contributed by atoms with van der Waals surface area (Å²) in [4.78, 5) is 15.8. The number of aromatic nitrogens is 3. The molecular formula is C14H17N3O. The molecule has 1 unspecified atom stereocenters. The first-order valence-electron chi connectivity index (χ1n) is 6.45. The van der Waals surface area contributed by atoms with E-state index in [2.05, 4.69) is 17.0 Å². The van der Waals surface area contributed by atoms with Crippen LogP contribution in [0.4, 0.5) is 0 Å². The summed E-state index contributed by atoms with van der Waals surface area (Å²) in [6, 6.07) is 3.93. The molecule has 2 heterocycles. The van der Waals surface area contributed by atoms with E-state index in [1.54, 1.807) is 6.20 Å². The second kappa shape index (κ2) is 4.19. The molecule has 2 aromatic heterocycles. The molecular weight excluding hydrogens is 226 g/mol. The lowest BCUT2D eigenvalue weighted by Crippen LogP contribution is -2.30. The van der Waals surface area contributed by atoms with E-state index in [1.165, 1.54) is 0 Å². The highest BCUT2D eigenvalue weighted by molar-refractivity contribution is 5.79. The minimum atomic E-state index is 0.0530. The summed E-state index contributed by atoms with van der Waals surface area (Å²) in [5, 5.41) is 5.53. The fourth-order valence-corrected chi connectivity index (χ4v) is 2.88. The Labute approximate surface area is 106 Å². The summed E-state index contributed by atoms with van der Waals surface area (Å²) in [6.07, 6.45) is 7.31. The quantitative estimate of drug-likeness (QED) is 0.814. The smallest absolute Gasteiger partial charge is 0.181 e. The van der Waals surface area contributed by atoms with E-state index in [4.69, 9.17) is 0 Å². The molecule has 1 aliphatic carbocycles. The van der Waals surface area contributed by atoms with Gasteiger partial charge in [-0.25, -0.2) is 4.98 Å². The van der Waals surface area contributed by atoms with E-state index >= 15 is 0 Å². The summed E-state index contributed by atoms with van der Waals surface area (Å²) in [5.41, 5.74) is 0.834. The van der Waals surface area contributed by atoms with Crippen molar-refractivity contribution in [3.63, 3.8) is 0 Å². The topological polar surface area (TPSA) is 47.8 Å². The van der Waals surface area contributed by atoms with Crippen LogP contribution in [0, 0.1) is 5.41 Å². The molecule has 3 rings (SSSR count). The van der Waals surface area contributed by atoms with Gasteiger partial charge in [-0.2, -0.15) is 5.10 Å². The Hall–Kier alpha value is -1.71. The van der Waals surface area contributed by atoms with Crippen LogP contribution in [-0.4, -0.2) is 20.5 Å². The van der Waals surface area contributed by atoms with Gasteiger partial charge in [0.05, 0.1) is 0 Å². The Balaban J connectivity index is 1.85. The third kappa shape index (κ3) is 2.15. The first-order valence-corrected chi connectivity index (χ1v) is 6.45. The van der Waals surface area contributed by atoms with Crippen molar-refractivity contribution in [2.24, 2.45) is 5.41 Å². The number of nitrogens with zero attached hydrogens (tertiary/aromatic N) is 3. The minimum absolute atomic E-state index is 0.0530. The molecule has 0 bridgehead atoms. The maximum atomic E-state index is 11.6. The summed E-state index contributed by atoms with van der Waals surface area (Å²) < 4.78 is 1.94.